The van der Waals surface area contributed by atoms with Gasteiger partial charge in [-0.25, -0.2) is 9.18 Å². The number of nitriles is 1. The largest absolute Gasteiger partial charge is 0.440 e. The molecule has 154 valence electrons. The zero-order chi connectivity index (χ0) is 22.1. The predicted octanol–water partition coefficient (Wildman–Crippen LogP) is 5.57. The normalized spacial score (nSPS) is 15.0. The predicted molar refractivity (Wildman–Crippen MR) is 114 cm³/mol. The highest BCUT2D eigenvalue weighted by atomic mass is 35.5. The summed E-state index contributed by atoms with van der Waals surface area (Å²) < 4.78 is 24.8. The molecule has 0 amide bonds. The fourth-order valence-corrected chi connectivity index (χ4v) is 3.99. The molecule has 3 aromatic carbocycles. The number of nitrogens with two attached hydrogens (primary N) is 1. The van der Waals surface area contributed by atoms with Gasteiger partial charge >= 0.3 is 5.97 Å². The highest BCUT2D eigenvalue weighted by Crippen LogP contribution is 2.47. The topological polar surface area (TPSA) is 85.3 Å². The third-order valence-electron chi connectivity index (χ3n) is 4.78. The van der Waals surface area contributed by atoms with Crippen molar-refractivity contribution in [3.8, 4) is 17.6 Å². The Hall–Kier alpha value is -3.53. The molecule has 0 aliphatic carbocycles. The molecule has 5 nitrogen and oxygen atoms in total. The van der Waals surface area contributed by atoms with Crippen LogP contribution in [0.25, 0.3) is 0 Å². The van der Waals surface area contributed by atoms with Crippen LogP contribution in [0.2, 0.25) is 10.0 Å². The number of halogens is 3. The zero-order valence-electron chi connectivity index (χ0n) is 15.7. The van der Waals surface area contributed by atoms with Crippen molar-refractivity contribution in [3.05, 3.63) is 105 Å². The average Bonchev–Trinajstić information content (AvgIpc) is 2.73. The molecule has 1 atom stereocenters. The van der Waals surface area contributed by atoms with Gasteiger partial charge in [0, 0.05) is 27.2 Å². The van der Waals surface area contributed by atoms with Crippen molar-refractivity contribution >= 4 is 29.2 Å². The molecule has 0 bridgehead atoms. The van der Waals surface area contributed by atoms with Crippen molar-refractivity contribution in [2.45, 2.75) is 5.92 Å². The van der Waals surface area contributed by atoms with Crippen LogP contribution in [-0.4, -0.2) is 5.97 Å². The number of benzene rings is 3. The lowest BCUT2D eigenvalue weighted by Crippen LogP contribution is -2.21. The molecule has 8 heteroatoms. The minimum Gasteiger partial charge on any atom is -0.440 e. The lowest BCUT2D eigenvalue weighted by Gasteiger charge is -2.27. The van der Waals surface area contributed by atoms with E-state index >= 15 is 0 Å². The average molecular weight is 455 g/mol. The number of ether oxygens (including phenoxy) is 2. The highest BCUT2D eigenvalue weighted by molar-refractivity contribution is 6.36. The van der Waals surface area contributed by atoms with Crippen LogP contribution in [0.4, 0.5) is 4.39 Å². The zero-order valence-corrected chi connectivity index (χ0v) is 17.2. The van der Waals surface area contributed by atoms with Gasteiger partial charge in [0.25, 0.3) is 0 Å². The first-order chi connectivity index (χ1) is 14.9. The Kier molecular flexibility index (Phi) is 5.55. The molecule has 0 aromatic heterocycles. The van der Waals surface area contributed by atoms with Gasteiger partial charge in [0.15, 0.2) is 0 Å². The maximum Gasteiger partial charge on any atom is 0.346 e. The maximum absolute atomic E-state index is 13.9. The third-order valence-corrected chi connectivity index (χ3v) is 5.44. The first kappa shape index (κ1) is 20.7. The molecule has 1 aliphatic heterocycles. The van der Waals surface area contributed by atoms with E-state index in [0.29, 0.717) is 21.2 Å². The van der Waals surface area contributed by atoms with Crippen molar-refractivity contribution in [3.63, 3.8) is 0 Å². The van der Waals surface area contributed by atoms with Crippen LogP contribution in [0.15, 0.2) is 72.1 Å². The molecule has 31 heavy (non-hydrogen) atoms. The second-order valence-electron chi connectivity index (χ2n) is 6.63. The van der Waals surface area contributed by atoms with Gasteiger partial charge < -0.3 is 15.2 Å². The van der Waals surface area contributed by atoms with Gasteiger partial charge in [-0.3, -0.25) is 0 Å². The van der Waals surface area contributed by atoms with E-state index in [1.165, 1.54) is 36.4 Å². The Labute approximate surface area is 187 Å². The Morgan fingerprint density at radius 2 is 1.81 bits per heavy atom. The van der Waals surface area contributed by atoms with Gasteiger partial charge in [-0.2, -0.15) is 5.26 Å². The number of fused-ring (bicyclic) bond motifs is 1. The van der Waals surface area contributed by atoms with Crippen LogP contribution < -0.4 is 15.2 Å². The summed E-state index contributed by atoms with van der Waals surface area (Å²) in [4.78, 5) is 12.3. The minimum atomic E-state index is -0.860. The van der Waals surface area contributed by atoms with Gasteiger partial charge in [0.1, 0.15) is 29.0 Å². The number of nitrogens with zero attached hydrogens (tertiary/aromatic N) is 1. The monoisotopic (exact) mass is 454 g/mol. The van der Waals surface area contributed by atoms with Crippen LogP contribution in [0.1, 0.15) is 27.4 Å². The van der Waals surface area contributed by atoms with E-state index < -0.39 is 17.7 Å². The highest BCUT2D eigenvalue weighted by Gasteiger charge is 2.33. The summed E-state index contributed by atoms with van der Waals surface area (Å²) in [6.07, 6.45) is 0. The van der Waals surface area contributed by atoms with E-state index in [9.17, 15) is 14.4 Å². The standard InChI is InChI=1S/C23H13Cl2FN2O3/c24-16-5-3-6-17(25)21(16)20-14-9-8-12(10-19(14)31-22(28)15(20)11-27)30-23(29)13-4-1-2-7-18(13)26/h1-10,20H,28H2. The van der Waals surface area contributed by atoms with E-state index in [-0.39, 0.29) is 28.5 Å². The number of esters is 1. The van der Waals surface area contributed by atoms with Crippen molar-refractivity contribution in [2.24, 2.45) is 5.73 Å². The number of allylic oxidation sites excluding steroid dienone is 1. The SMILES string of the molecule is N#CC1=C(N)Oc2cc(OC(=O)c3ccccc3F)ccc2C1c1c(Cl)cccc1Cl. The second-order valence-corrected chi connectivity index (χ2v) is 7.44. The summed E-state index contributed by atoms with van der Waals surface area (Å²) in [5, 5.41) is 10.4. The van der Waals surface area contributed by atoms with Crippen LogP contribution in [-0.2, 0) is 0 Å². The number of hydrogen-bond donors (Lipinski definition) is 1. The smallest absolute Gasteiger partial charge is 0.346 e. The Bertz CT molecular complexity index is 1260. The Morgan fingerprint density at radius 1 is 1.10 bits per heavy atom. The summed E-state index contributed by atoms with van der Waals surface area (Å²) in [5.74, 6) is -1.97. The fourth-order valence-electron chi connectivity index (χ4n) is 3.37. The minimum absolute atomic E-state index is 0.115. The van der Waals surface area contributed by atoms with Gasteiger partial charge in [-0.05, 0) is 30.3 Å². The summed E-state index contributed by atoms with van der Waals surface area (Å²) in [7, 11) is 0. The van der Waals surface area contributed by atoms with Gasteiger partial charge in [-0.1, -0.05) is 47.5 Å². The number of carbonyl (C=O) groups excluding carboxylic acids is 1. The lowest BCUT2D eigenvalue weighted by molar-refractivity contribution is 0.0729. The summed E-state index contributed by atoms with van der Waals surface area (Å²) in [6.45, 7) is 0. The molecule has 2 N–H and O–H groups in total. The van der Waals surface area contributed by atoms with Crippen LogP contribution in [0.5, 0.6) is 11.5 Å². The van der Waals surface area contributed by atoms with Crippen LogP contribution in [0, 0.1) is 17.1 Å². The number of carbonyl (C=O) groups is 1. The van der Waals surface area contributed by atoms with Gasteiger partial charge in [0.05, 0.1) is 11.5 Å². The molecule has 0 saturated carbocycles. The van der Waals surface area contributed by atoms with E-state index in [1.807, 2.05) is 0 Å². The fraction of sp³-hybridized carbons (Fsp3) is 0.0435. The number of hydrogen-bond acceptors (Lipinski definition) is 5. The lowest BCUT2D eigenvalue weighted by atomic mass is 9.83. The summed E-state index contributed by atoms with van der Waals surface area (Å²) >= 11 is 12.8. The number of rotatable bonds is 3. The first-order valence-corrected chi connectivity index (χ1v) is 9.78. The molecule has 3 aromatic rings. The van der Waals surface area contributed by atoms with E-state index in [2.05, 4.69) is 6.07 Å². The van der Waals surface area contributed by atoms with Gasteiger partial charge in [0.2, 0.25) is 5.88 Å². The summed E-state index contributed by atoms with van der Waals surface area (Å²) in [5.41, 5.74) is 7.00. The maximum atomic E-state index is 13.9. The van der Waals surface area contributed by atoms with Crippen molar-refractivity contribution in [1.82, 2.24) is 0 Å². The molecule has 4 rings (SSSR count). The van der Waals surface area contributed by atoms with E-state index in [0.717, 1.165) is 0 Å². The van der Waals surface area contributed by atoms with Crippen molar-refractivity contribution < 1.29 is 18.7 Å². The molecule has 1 aliphatic rings. The first-order valence-electron chi connectivity index (χ1n) is 9.03. The molecule has 0 radical (unpaired) electrons. The van der Waals surface area contributed by atoms with E-state index in [4.69, 9.17) is 38.4 Å². The Balaban J connectivity index is 1.75. The molecule has 0 spiro atoms. The van der Waals surface area contributed by atoms with E-state index in [1.54, 1.807) is 24.3 Å². The van der Waals surface area contributed by atoms with Crippen molar-refractivity contribution in [2.75, 3.05) is 0 Å². The molecule has 1 heterocycles. The van der Waals surface area contributed by atoms with Gasteiger partial charge in [-0.15, -0.1) is 0 Å². The molecular weight excluding hydrogens is 442 g/mol. The molecular formula is C23H13Cl2FN2O3. The Morgan fingerprint density at radius 3 is 2.48 bits per heavy atom. The van der Waals surface area contributed by atoms with Crippen molar-refractivity contribution in [1.29, 1.82) is 5.26 Å². The third kappa shape index (κ3) is 3.81. The second kappa shape index (κ2) is 8.31. The molecule has 1 unspecified atom stereocenters. The molecule has 0 saturated heterocycles. The quantitative estimate of drug-likeness (QED) is 0.412. The van der Waals surface area contributed by atoms with Crippen LogP contribution >= 0.6 is 23.2 Å². The summed E-state index contributed by atoms with van der Waals surface area (Å²) in [6, 6.07) is 17.1. The molecule has 0 fully saturated rings. The van der Waals surface area contributed by atoms with Crippen LogP contribution in [0.3, 0.4) is 0 Å².